The third-order valence-electron chi connectivity index (χ3n) is 4.48. The number of aliphatic hydroxyl groups is 1. The first kappa shape index (κ1) is 16.9. The molecule has 1 fully saturated rings. The van der Waals surface area contributed by atoms with Gasteiger partial charge < -0.3 is 16.2 Å². The summed E-state index contributed by atoms with van der Waals surface area (Å²) in [6.45, 7) is 2.69. The van der Waals surface area contributed by atoms with Crippen LogP contribution in [-0.4, -0.2) is 17.7 Å². The Morgan fingerprint density at radius 1 is 1.24 bits per heavy atom. The van der Waals surface area contributed by atoms with E-state index in [0.717, 1.165) is 0 Å². The van der Waals surface area contributed by atoms with Crippen molar-refractivity contribution in [1.82, 2.24) is 5.32 Å². The standard InChI is InChI=1S/C16H24Cl2N2O/c1-10(11-5-3-2-4-6-11)20-9-15(21)12-7-13(17)16(19)14(18)8-12/h7-8,10-11,15,20-21H,2-6,9,19H2,1H3. The van der Waals surface area contributed by atoms with Crippen molar-refractivity contribution in [3.63, 3.8) is 0 Å². The first-order valence-corrected chi connectivity index (χ1v) is 8.40. The van der Waals surface area contributed by atoms with E-state index in [1.165, 1.54) is 32.1 Å². The molecule has 0 saturated heterocycles. The van der Waals surface area contributed by atoms with E-state index >= 15 is 0 Å². The summed E-state index contributed by atoms with van der Waals surface area (Å²) in [4.78, 5) is 0. The van der Waals surface area contributed by atoms with Crippen LogP contribution in [-0.2, 0) is 0 Å². The van der Waals surface area contributed by atoms with Crippen molar-refractivity contribution in [1.29, 1.82) is 0 Å². The molecule has 5 heteroatoms. The maximum atomic E-state index is 10.3. The molecule has 0 bridgehead atoms. The summed E-state index contributed by atoms with van der Waals surface area (Å²) < 4.78 is 0. The van der Waals surface area contributed by atoms with Gasteiger partial charge in [-0.2, -0.15) is 0 Å². The molecule has 118 valence electrons. The number of nitrogens with one attached hydrogen (secondary N) is 1. The lowest BCUT2D eigenvalue weighted by Crippen LogP contribution is -2.37. The van der Waals surface area contributed by atoms with Gasteiger partial charge in [0, 0.05) is 12.6 Å². The smallest absolute Gasteiger partial charge is 0.0915 e. The van der Waals surface area contributed by atoms with Crippen LogP contribution in [0.4, 0.5) is 5.69 Å². The molecule has 0 radical (unpaired) electrons. The summed E-state index contributed by atoms with van der Waals surface area (Å²) in [5.41, 5.74) is 6.77. The number of hydrogen-bond donors (Lipinski definition) is 3. The molecule has 4 N–H and O–H groups in total. The van der Waals surface area contributed by atoms with Crippen molar-refractivity contribution >= 4 is 28.9 Å². The predicted molar refractivity (Wildman–Crippen MR) is 89.9 cm³/mol. The van der Waals surface area contributed by atoms with Crippen molar-refractivity contribution in [2.45, 2.75) is 51.2 Å². The Morgan fingerprint density at radius 3 is 2.38 bits per heavy atom. The zero-order valence-electron chi connectivity index (χ0n) is 12.4. The fraction of sp³-hybridized carbons (Fsp3) is 0.625. The number of aliphatic hydroxyl groups excluding tert-OH is 1. The van der Waals surface area contributed by atoms with Gasteiger partial charge in [0.05, 0.1) is 21.8 Å². The number of halogens is 2. The topological polar surface area (TPSA) is 58.3 Å². The summed E-state index contributed by atoms with van der Waals surface area (Å²) in [5.74, 6) is 0.713. The second kappa shape index (κ2) is 7.68. The van der Waals surface area contributed by atoms with E-state index in [9.17, 15) is 5.11 Å². The van der Waals surface area contributed by atoms with Crippen LogP contribution in [0.25, 0.3) is 0 Å². The monoisotopic (exact) mass is 330 g/mol. The summed E-state index contributed by atoms with van der Waals surface area (Å²) in [6.07, 6.45) is 5.93. The molecule has 1 saturated carbocycles. The second-order valence-corrected chi connectivity index (χ2v) is 6.82. The Kier molecular flexibility index (Phi) is 6.18. The van der Waals surface area contributed by atoms with Gasteiger partial charge in [0.2, 0.25) is 0 Å². The highest BCUT2D eigenvalue weighted by atomic mass is 35.5. The third-order valence-corrected chi connectivity index (χ3v) is 5.10. The van der Waals surface area contributed by atoms with Gasteiger partial charge in [-0.15, -0.1) is 0 Å². The highest BCUT2D eigenvalue weighted by Gasteiger charge is 2.21. The number of rotatable bonds is 5. The number of anilines is 1. The first-order valence-electron chi connectivity index (χ1n) is 7.65. The average Bonchev–Trinajstić information content (AvgIpc) is 2.50. The molecule has 2 unspecified atom stereocenters. The molecule has 2 rings (SSSR count). The van der Waals surface area contributed by atoms with Gasteiger partial charge in [-0.3, -0.25) is 0 Å². The van der Waals surface area contributed by atoms with E-state index in [1.807, 2.05) is 0 Å². The normalized spacial score (nSPS) is 19.4. The van der Waals surface area contributed by atoms with Gasteiger partial charge in [-0.05, 0) is 43.4 Å². The Morgan fingerprint density at radius 2 is 1.81 bits per heavy atom. The molecule has 0 aromatic heterocycles. The maximum Gasteiger partial charge on any atom is 0.0915 e. The summed E-state index contributed by atoms with van der Waals surface area (Å²) in [7, 11) is 0. The van der Waals surface area contributed by atoms with Gasteiger partial charge in [-0.25, -0.2) is 0 Å². The van der Waals surface area contributed by atoms with E-state index in [1.54, 1.807) is 12.1 Å². The van der Waals surface area contributed by atoms with E-state index in [2.05, 4.69) is 12.2 Å². The second-order valence-electron chi connectivity index (χ2n) is 6.01. The van der Waals surface area contributed by atoms with Crippen LogP contribution in [0.3, 0.4) is 0 Å². The molecule has 0 amide bonds. The lowest BCUT2D eigenvalue weighted by Gasteiger charge is -2.29. The maximum absolute atomic E-state index is 10.3. The Balaban J connectivity index is 1.90. The van der Waals surface area contributed by atoms with Crippen LogP contribution in [0.1, 0.15) is 50.7 Å². The summed E-state index contributed by atoms with van der Waals surface area (Å²) >= 11 is 12.0. The SMILES string of the molecule is CC(NCC(O)c1cc(Cl)c(N)c(Cl)c1)C1CCCCC1. The van der Waals surface area contributed by atoms with Crippen LogP contribution in [0.5, 0.6) is 0 Å². The Hall–Kier alpha value is -0.480. The van der Waals surface area contributed by atoms with Gasteiger partial charge in [0.1, 0.15) is 0 Å². The fourth-order valence-electron chi connectivity index (χ4n) is 3.01. The van der Waals surface area contributed by atoms with Gasteiger partial charge in [0.25, 0.3) is 0 Å². The number of hydrogen-bond acceptors (Lipinski definition) is 3. The highest BCUT2D eigenvalue weighted by Crippen LogP contribution is 2.31. The molecular weight excluding hydrogens is 307 g/mol. The third kappa shape index (κ3) is 4.49. The lowest BCUT2D eigenvalue weighted by atomic mass is 9.84. The molecule has 1 aromatic rings. The molecule has 3 nitrogen and oxygen atoms in total. The van der Waals surface area contributed by atoms with Crippen molar-refractivity contribution in [2.24, 2.45) is 5.92 Å². The zero-order chi connectivity index (χ0) is 15.4. The zero-order valence-corrected chi connectivity index (χ0v) is 13.9. The number of nitrogen functional groups attached to an aromatic ring is 1. The van der Waals surface area contributed by atoms with Crippen LogP contribution in [0.15, 0.2) is 12.1 Å². The molecule has 1 aliphatic rings. The van der Waals surface area contributed by atoms with Gasteiger partial charge in [0.15, 0.2) is 0 Å². The quantitative estimate of drug-likeness (QED) is 0.710. The molecular formula is C16H24Cl2N2O. The fourth-order valence-corrected chi connectivity index (χ4v) is 3.52. The van der Waals surface area contributed by atoms with Gasteiger partial charge in [-0.1, -0.05) is 42.5 Å². The minimum absolute atomic E-state index is 0.359. The molecule has 0 spiro atoms. The number of benzene rings is 1. The van der Waals surface area contributed by atoms with Crippen LogP contribution >= 0.6 is 23.2 Å². The molecule has 0 heterocycles. The molecule has 0 aliphatic heterocycles. The minimum Gasteiger partial charge on any atom is -0.396 e. The Bertz CT molecular complexity index is 452. The van der Waals surface area contributed by atoms with Crippen LogP contribution in [0.2, 0.25) is 10.0 Å². The Labute approximate surface area is 136 Å². The lowest BCUT2D eigenvalue weighted by molar-refractivity contribution is 0.161. The molecule has 1 aliphatic carbocycles. The van der Waals surface area contributed by atoms with Crippen molar-refractivity contribution < 1.29 is 5.11 Å². The summed E-state index contributed by atoms with van der Waals surface area (Å²) in [6, 6.07) is 3.78. The van der Waals surface area contributed by atoms with E-state index < -0.39 is 6.10 Å². The molecule has 21 heavy (non-hydrogen) atoms. The van der Waals surface area contributed by atoms with Crippen LogP contribution < -0.4 is 11.1 Å². The van der Waals surface area contributed by atoms with Crippen molar-refractivity contribution in [3.8, 4) is 0 Å². The number of nitrogens with two attached hydrogens (primary N) is 1. The van der Waals surface area contributed by atoms with Crippen LogP contribution in [0, 0.1) is 5.92 Å². The minimum atomic E-state index is -0.633. The van der Waals surface area contributed by atoms with E-state index in [4.69, 9.17) is 28.9 Å². The highest BCUT2D eigenvalue weighted by molar-refractivity contribution is 6.38. The first-order chi connectivity index (χ1) is 9.99. The average molecular weight is 331 g/mol. The van der Waals surface area contributed by atoms with Crippen molar-refractivity contribution in [2.75, 3.05) is 12.3 Å². The predicted octanol–water partition coefficient (Wildman–Crippen LogP) is 4.17. The summed E-state index contributed by atoms with van der Waals surface area (Å²) in [5, 5.41) is 14.5. The van der Waals surface area contributed by atoms with E-state index in [0.29, 0.717) is 39.8 Å². The van der Waals surface area contributed by atoms with E-state index in [-0.39, 0.29) is 0 Å². The van der Waals surface area contributed by atoms with Crippen molar-refractivity contribution in [3.05, 3.63) is 27.7 Å². The largest absolute Gasteiger partial charge is 0.396 e. The van der Waals surface area contributed by atoms with Gasteiger partial charge >= 0.3 is 0 Å². The molecule has 1 aromatic carbocycles. The molecule has 2 atom stereocenters.